The predicted molar refractivity (Wildman–Crippen MR) is 95.9 cm³/mol. The number of hydrogen-bond acceptors (Lipinski definition) is 3. The third-order valence-electron chi connectivity index (χ3n) is 5.73. The van der Waals surface area contributed by atoms with Crippen LogP contribution in [0, 0.1) is 18.8 Å². The Kier molecular flexibility index (Phi) is 5.76. The molecule has 1 atom stereocenters. The van der Waals surface area contributed by atoms with Crippen molar-refractivity contribution >= 4 is 11.8 Å². The molecule has 0 N–H and O–H groups in total. The minimum atomic E-state index is -0.00306. The first-order valence-electron chi connectivity index (χ1n) is 9.62. The van der Waals surface area contributed by atoms with Crippen molar-refractivity contribution in [1.82, 2.24) is 19.4 Å². The number of nitrogens with zero attached hydrogens (tertiary/aromatic N) is 4. The third-order valence-corrected chi connectivity index (χ3v) is 5.73. The van der Waals surface area contributed by atoms with Gasteiger partial charge < -0.3 is 14.4 Å². The Labute approximate surface area is 150 Å². The van der Waals surface area contributed by atoms with Gasteiger partial charge in [0.05, 0.1) is 5.92 Å². The maximum Gasteiger partial charge on any atom is 0.227 e. The third kappa shape index (κ3) is 4.22. The molecule has 2 saturated heterocycles. The Bertz CT molecular complexity index is 604. The molecule has 25 heavy (non-hydrogen) atoms. The first-order chi connectivity index (χ1) is 12.1. The van der Waals surface area contributed by atoms with Gasteiger partial charge in [-0.3, -0.25) is 9.59 Å². The molecule has 2 fully saturated rings. The largest absolute Gasteiger partial charge is 0.342 e. The summed E-state index contributed by atoms with van der Waals surface area (Å²) in [5.41, 5.74) is 0. The van der Waals surface area contributed by atoms with Crippen LogP contribution in [-0.2, 0) is 16.1 Å². The summed E-state index contributed by atoms with van der Waals surface area (Å²) in [5.74, 6) is 2.09. The van der Waals surface area contributed by atoms with Crippen LogP contribution in [0.25, 0.3) is 0 Å². The van der Waals surface area contributed by atoms with Gasteiger partial charge in [-0.15, -0.1) is 0 Å². The normalized spacial score (nSPS) is 22.2. The van der Waals surface area contributed by atoms with E-state index >= 15 is 0 Å². The highest BCUT2D eigenvalue weighted by Crippen LogP contribution is 2.24. The maximum atomic E-state index is 12.9. The summed E-state index contributed by atoms with van der Waals surface area (Å²) in [6, 6.07) is 0. The second-order valence-electron chi connectivity index (χ2n) is 7.43. The van der Waals surface area contributed by atoms with E-state index in [1.165, 1.54) is 0 Å². The van der Waals surface area contributed by atoms with Crippen LogP contribution >= 0.6 is 0 Å². The average molecular weight is 346 g/mol. The minimum Gasteiger partial charge on any atom is -0.342 e. The lowest BCUT2D eigenvalue weighted by molar-refractivity contribution is -0.141. The van der Waals surface area contributed by atoms with E-state index in [9.17, 15) is 9.59 Å². The molecule has 6 nitrogen and oxygen atoms in total. The number of likely N-dealkylation sites (tertiary alicyclic amines) is 2. The summed E-state index contributed by atoms with van der Waals surface area (Å²) < 4.78 is 2.21. The van der Waals surface area contributed by atoms with Gasteiger partial charge in [-0.05, 0) is 38.5 Å². The number of imidazole rings is 1. The van der Waals surface area contributed by atoms with Crippen LogP contribution < -0.4 is 0 Å². The van der Waals surface area contributed by atoms with Gasteiger partial charge in [0.25, 0.3) is 0 Å². The van der Waals surface area contributed by atoms with Crippen LogP contribution in [0.5, 0.6) is 0 Å². The van der Waals surface area contributed by atoms with E-state index in [2.05, 4.69) is 9.55 Å². The standard InChI is InChI=1S/C19H30N4O2/c1-3-18(24)23-9-4-5-17(14-23)19(25)21-10-6-16(7-11-21)13-22-12-8-20-15(22)2/h8,12,16-17H,3-7,9-11,13-14H2,1-2H3/t17-/m0/s1. The lowest BCUT2D eigenvalue weighted by Crippen LogP contribution is -2.48. The number of aromatic nitrogens is 2. The number of hydrogen-bond donors (Lipinski definition) is 0. The Balaban J connectivity index is 1.49. The van der Waals surface area contributed by atoms with Crippen LogP contribution in [0.3, 0.4) is 0 Å². The minimum absolute atomic E-state index is 0.00306. The molecule has 0 aromatic carbocycles. The second-order valence-corrected chi connectivity index (χ2v) is 7.43. The van der Waals surface area contributed by atoms with Crippen molar-refractivity contribution in [1.29, 1.82) is 0 Å². The average Bonchev–Trinajstić information content (AvgIpc) is 3.06. The van der Waals surface area contributed by atoms with E-state index < -0.39 is 0 Å². The smallest absolute Gasteiger partial charge is 0.227 e. The molecule has 0 unspecified atom stereocenters. The zero-order valence-electron chi connectivity index (χ0n) is 15.5. The number of aryl methyl sites for hydroxylation is 1. The first kappa shape index (κ1) is 18.0. The highest BCUT2D eigenvalue weighted by atomic mass is 16.2. The van der Waals surface area contributed by atoms with Crippen molar-refractivity contribution in [3.05, 3.63) is 18.2 Å². The highest BCUT2D eigenvalue weighted by Gasteiger charge is 2.32. The number of amides is 2. The first-order valence-corrected chi connectivity index (χ1v) is 9.62. The van der Waals surface area contributed by atoms with Crippen LogP contribution in [0.4, 0.5) is 0 Å². The van der Waals surface area contributed by atoms with Crippen LogP contribution in [-0.4, -0.2) is 57.3 Å². The Hall–Kier alpha value is -1.85. The number of piperidine rings is 2. The van der Waals surface area contributed by atoms with E-state index in [1.54, 1.807) is 0 Å². The van der Waals surface area contributed by atoms with Gasteiger partial charge in [0.2, 0.25) is 11.8 Å². The van der Waals surface area contributed by atoms with Gasteiger partial charge in [0.15, 0.2) is 0 Å². The van der Waals surface area contributed by atoms with Crippen LogP contribution in [0.2, 0.25) is 0 Å². The fourth-order valence-electron chi connectivity index (χ4n) is 4.10. The molecule has 3 heterocycles. The molecule has 0 aliphatic carbocycles. The SMILES string of the molecule is CCC(=O)N1CCC[C@H](C(=O)N2CCC(Cn3ccnc3C)CC2)C1. The van der Waals surface area contributed by atoms with Crippen molar-refractivity contribution < 1.29 is 9.59 Å². The van der Waals surface area contributed by atoms with E-state index in [-0.39, 0.29) is 17.7 Å². The summed E-state index contributed by atoms with van der Waals surface area (Å²) in [4.78, 5) is 33.0. The summed E-state index contributed by atoms with van der Waals surface area (Å²) >= 11 is 0. The van der Waals surface area contributed by atoms with Gasteiger partial charge >= 0.3 is 0 Å². The molecule has 0 spiro atoms. The molecule has 138 valence electrons. The van der Waals surface area contributed by atoms with Gasteiger partial charge in [-0.1, -0.05) is 6.92 Å². The molecule has 3 rings (SSSR count). The van der Waals surface area contributed by atoms with Gasteiger partial charge in [0, 0.05) is 51.5 Å². The Morgan fingerprint density at radius 1 is 1.16 bits per heavy atom. The molecular weight excluding hydrogens is 316 g/mol. The highest BCUT2D eigenvalue weighted by molar-refractivity contribution is 5.81. The van der Waals surface area contributed by atoms with Crippen molar-refractivity contribution in [2.24, 2.45) is 11.8 Å². The molecule has 0 bridgehead atoms. The Morgan fingerprint density at radius 2 is 1.92 bits per heavy atom. The molecule has 0 radical (unpaired) electrons. The molecule has 0 saturated carbocycles. The lowest BCUT2D eigenvalue weighted by atomic mass is 9.92. The molecule has 1 aromatic heterocycles. The van der Waals surface area contributed by atoms with Gasteiger partial charge in [-0.25, -0.2) is 4.98 Å². The van der Waals surface area contributed by atoms with Crippen LogP contribution in [0.15, 0.2) is 12.4 Å². The molecule has 1 aromatic rings. The van der Waals surface area contributed by atoms with Gasteiger partial charge in [0.1, 0.15) is 5.82 Å². The summed E-state index contributed by atoms with van der Waals surface area (Å²) in [6.07, 6.45) is 8.37. The zero-order valence-corrected chi connectivity index (χ0v) is 15.5. The number of rotatable bonds is 4. The van der Waals surface area contributed by atoms with Crippen LogP contribution in [0.1, 0.15) is 44.9 Å². The monoisotopic (exact) mass is 346 g/mol. The molecular formula is C19H30N4O2. The van der Waals surface area contributed by atoms with E-state index in [0.29, 0.717) is 18.9 Å². The molecule has 2 aliphatic heterocycles. The van der Waals surface area contributed by atoms with E-state index in [4.69, 9.17) is 0 Å². The molecule has 2 aliphatic rings. The van der Waals surface area contributed by atoms with Crippen molar-refractivity contribution in [3.63, 3.8) is 0 Å². The maximum absolute atomic E-state index is 12.9. The topological polar surface area (TPSA) is 58.4 Å². The lowest BCUT2D eigenvalue weighted by Gasteiger charge is -2.38. The second kappa shape index (κ2) is 8.02. The summed E-state index contributed by atoms with van der Waals surface area (Å²) in [5, 5.41) is 0. The zero-order chi connectivity index (χ0) is 17.8. The summed E-state index contributed by atoms with van der Waals surface area (Å²) in [7, 11) is 0. The van der Waals surface area contributed by atoms with Crippen molar-refractivity contribution in [3.8, 4) is 0 Å². The fraction of sp³-hybridized carbons (Fsp3) is 0.737. The fourth-order valence-corrected chi connectivity index (χ4v) is 4.10. The van der Waals surface area contributed by atoms with E-state index in [1.807, 2.05) is 36.0 Å². The van der Waals surface area contributed by atoms with Crippen molar-refractivity contribution in [2.75, 3.05) is 26.2 Å². The van der Waals surface area contributed by atoms with Gasteiger partial charge in [-0.2, -0.15) is 0 Å². The Morgan fingerprint density at radius 3 is 2.56 bits per heavy atom. The summed E-state index contributed by atoms with van der Waals surface area (Å²) in [6.45, 7) is 8.02. The van der Waals surface area contributed by atoms with E-state index in [0.717, 1.165) is 57.7 Å². The molecule has 2 amide bonds. The quantitative estimate of drug-likeness (QED) is 0.839. The predicted octanol–water partition coefficient (Wildman–Crippen LogP) is 2.08. The number of carbonyl (C=O) groups excluding carboxylic acids is 2. The van der Waals surface area contributed by atoms with Crippen molar-refractivity contribution in [2.45, 2.75) is 52.5 Å². The molecule has 6 heteroatoms. The number of carbonyl (C=O) groups is 2.